The lowest BCUT2D eigenvalue weighted by Crippen LogP contribution is -2.24. The van der Waals surface area contributed by atoms with Crippen LogP contribution < -0.4 is 5.32 Å². The van der Waals surface area contributed by atoms with Crippen molar-refractivity contribution in [2.24, 2.45) is 15.9 Å². The number of aliphatic imine (C=N–C) groups is 2. The number of benzene rings is 1. The average molecular weight is 359 g/mol. The van der Waals surface area contributed by atoms with Crippen molar-refractivity contribution in [3.8, 4) is 0 Å². The molecule has 3 rings (SSSR count). The van der Waals surface area contributed by atoms with Gasteiger partial charge < -0.3 is 10.1 Å². The molecular formula is C17H17N3O4S. The van der Waals surface area contributed by atoms with Gasteiger partial charge in [-0.25, -0.2) is 9.79 Å². The molecule has 130 valence electrons. The molecular weight excluding hydrogens is 342 g/mol. The van der Waals surface area contributed by atoms with E-state index in [9.17, 15) is 14.4 Å². The Morgan fingerprint density at radius 2 is 2.04 bits per heavy atom. The summed E-state index contributed by atoms with van der Waals surface area (Å²) >= 11 is 1.14. The number of thioether (sulfide) groups is 1. The Balaban J connectivity index is 1.53. The first-order chi connectivity index (χ1) is 12.1. The van der Waals surface area contributed by atoms with Gasteiger partial charge in [0.15, 0.2) is 5.17 Å². The highest BCUT2D eigenvalue weighted by molar-refractivity contribution is 8.14. The van der Waals surface area contributed by atoms with E-state index < -0.39 is 5.97 Å². The maximum atomic E-state index is 12.0. The van der Waals surface area contributed by atoms with Crippen molar-refractivity contribution in [2.45, 2.75) is 19.3 Å². The monoisotopic (exact) mass is 359 g/mol. The number of methoxy groups -OCH3 is 1. The molecule has 1 atom stereocenters. The maximum Gasteiger partial charge on any atom is 0.337 e. The van der Waals surface area contributed by atoms with E-state index in [0.29, 0.717) is 16.4 Å². The van der Waals surface area contributed by atoms with Crippen LogP contribution in [0.2, 0.25) is 0 Å². The highest BCUT2D eigenvalue weighted by Gasteiger charge is 2.32. The summed E-state index contributed by atoms with van der Waals surface area (Å²) in [5.41, 5.74) is 1.87. The molecule has 0 bridgehead atoms. The molecule has 1 saturated carbocycles. The summed E-state index contributed by atoms with van der Waals surface area (Å²) in [4.78, 5) is 43.7. The van der Waals surface area contributed by atoms with Gasteiger partial charge in [-0.2, -0.15) is 4.99 Å². The zero-order chi connectivity index (χ0) is 17.8. The Morgan fingerprint density at radius 3 is 2.76 bits per heavy atom. The molecule has 2 amide bonds. The summed E-state index contributed by atoms with van der Waals surface area (Å²) in [5, 5.41) is 3.08. The number of hydrogen-bond donors (Lipinski definition) is 1. The lowest BCUT2D eigenvalue weighted by Gasteiger charge is -2.13. The first kappa shape index (κ1) is 17.3. The van der Waals surface area contributed by atoms with Crippen molar-refractivity contribution in [3.05, 3.63) is 29.8 Å². The largest absolute Gasteiger partial charge is 0.465 e. The molecule has 1 aromatic carbocycles. The van der Waals surface area contributed by atoms with Gasteiger partial charge in [-0.1, -0.05) is 11.8 Å². The number of amides is 2. The molecule has 0 aromatic heterocycles. The van der Waals surface area contributed by atoms with Crippen LogP contribution in [-0.4, -0.2) is 41.5 Å². The molecule has 8 heteroatoms. The highest BCUT2D eigenvalue weighted by Crippen LogP contribution is 2.28. The zero-order valence-electron chi connectivity index (χ0n) is 13.7. The van der Waals surface area contributed by atoms with Crippen LogP contribution in [0.5, 0.6) is 0 Å². The van der Waals surface area contributed by atoms with Crippen molar-refractivity contribution < 1.29 is 19.1 Å². The summed E-state index contributed by atoms with van der Waals surface area (Å²) in [6.07, 6.45) is 2.61. The number of esters is 1. The highest BCUT2D eigenvalue weighted by atomic mass is 32.2. The van der Waals surface area contributed by atoms with Gasteiger partial charge in [0.25, 0.3) is 5.91 Å². The summed E-state index contributed by atoms with van der Waals surface area (Å²) in [6.45, 7) is 0. The SMILES string of the molecule is COC(=O)c1ccc(NC(=O)CSC2=NC(=O)C3CCCC3=N2)cc1. The third-order valence-electron chi connectivity index (χ3n) is 3.99. The standard InChI is InChI=1S/C17H17N3O4S/c1-24-16(23)10-5-7-11(8-6-10)18-14(21)9-25-17-19-13-4-2-3-12(13)15(22)20-17/h5-8,12H,2-4,9H2,1H3,(H,18,21). The molecule has 0 radical (unpaired) electrons. The van der Waals surface area contributed by atoms with Crippen molar-refractivity contribution in [1.82, 2.24) is 0 Å². The molecule has 0 saturated heterocycles. The topological polar surface area (TPSA) is 97.2 Å². The normalized spacial score (nSPS) is 18.9. The van der Waals surface area contributed by atoms with Gasteiger partial charge in [0.2, 0.25) is 5.91 Å². The predicted molar refractivity (Wildman–Crippen MR) is 96.1 cm³/mol. The van der Waals surface area contributed by atoms with Gasteiger partial charge in [0.05, 0.1) is 24.3 Å². The van der Waals surface area contributed by atoms with Gasteiger partial charge in [-0.05, 0) is 43.5 Å². The Kier molecular flexibility index (Phi) is 5.28. The molecule has 1 aliphatic heterocycles. The minimum Gasteiger partial charge on any atom is -0.465 e. The van der Waals surface area contributed by atoms with Gasteiger partial charge in [0, 0.05) is 11.4 Å². The van der Waals surface area contributed by atoms with E-state index in [-0.39, 0.29) is 23.5 Å². The van der Waals surface area contributed by atoms with E-state index in [1.165, 1.54) is 7.11 Å². The number of fused-ring (bicyclic) bond motifs is 1. The second-order valence-corrected chi connectivity index (χ2v) is 6.63. The lowest BCUT2D eigenvalue weighted by molar-refractivity contribution is -0.119. The number of nitrogens with zero attached hydrogens (tertiary/aromatic N) is 2. The van der Waals surface area contributed by atoms with Crippen LogP contribution in [0.1, 0.15) is 29.6 Å². The van der Waals surface area contributed by atoms with E-state index in [1.807, 2.05) is 0 Å². The number of ether oxygens (including phenoxy) is 1. The van der Waals surface area contributed by atoms with Crippen molar-refractivity contribution in [2.75, 3.05) is 18.2 Å². The molecule has 1 N–H and O–H groups in total. The molecule has 1 unspecified atom stereocenters. The van der Waals surface area contributed by atoms with Gasteiger partial charge in [-0.3, -0.25) is 9.59 Å². The van der Waals surface area contributed by atoms with Crippen LogP contribution in [0.4, 0.5) is 5.69 Å². The Bertz CT molecular complexity index is 771. The molecule has 1 aromatic rings. The fourth-order valence-electron chi connectivity index (χ4n) is 2.75. The van der Waals surface area contributed by atoms with Crippen molar-refractivity contribution >= 4 is 46.1 Å². The van der Waals surface area contributed by atoms with Crippen molar-refractivity contribution in [1.29, 1.82) is 0 Å². The maximum absolute atomic E-state index is 12.0. The van der Waals surface area contributed by atoms with Crippen molar-refractivity contribution in [3.63, 3.8) is 0 Å². The molecule has 0 spiro atoms. The molecule has 1 heterocycles. The molecule has 1 aliphatic carbocycles. The first-order valence-corrected chi connectivity index (χ1v) is 8.86. The van der Waals surface area contributed by atoms with E-state index in [4.69, 9.17) is 0 Å². The number of nitrogens with one attached hydrogen (secondary N) is 1. The number of hydrogen-bond acceptors (Lipinski definition) is 6. The molecule has 7 nitrogen and oxygen atoms in total. The van der Waals surface area contributed by atoms with Gasteiger partial charge in [-0.15, -0.1) is 0 Å². The lowest BCUT2D eigenvalue weighted by atomic mass is 10.1. The summed E-state index contributed by atoms with van der Waals surface area (Å²) in [5.74, 6) is -0.862. The Morgan fingerprint density at radius 1 is 1.28 bits per heavy atom. The van der Waals surface area contributed by atoms with Crippen LogP contribution in [0.25, 0.3) is 0 Å². The minimum atomic E-state index is -0.433. The van der Waals surface area contributed by atoms with Crippen LogP contribution in [0, 0.1) is 5.92 Å². The Hall–Kier alpha value is -2.48. The Labute approximate surface area is 148 Å². The third kappa shape index (κ3) is 4.14. The fourth-order valence-corrected chi connectivity index (χ4v) is 3.42. The van der Waals surface area contributed by atoms with Crippen LogP contribution in [0.3, 0.4) is 0 Å². The summed E-state index contributed by atoms with van der Waals surface area (Å²) in [7, 11) is 1.31. The second kappa shape index (κ2) is 7.60. The molecule has 25 heavy (non-hydrogen) atoms. The number of amidine groups is 1. The van der Waals surface area contributed by atoms with E-state index in [1.54, 1.807) is 24.3 Å². The summed E-state index contributed by atoms with van der Waals surface area (Å²) in [6, 6.07) is 6.40. The fraction of sp³-hybridized carbons (Fsp3) is 0.353. The summed E-state index contributed by atoms with van der Waals surface area (Å²) < 4.78 is 4.62. The number of anilines is 1. The van der Waals surface area contributed by atoms with E-state index in [2.05, 4.69) is 20.0 Å². The van der Waals surface area contributed by atoms with Crippen LogP contribution in [0.15, 0.2) is 34.3 Å². The molecule has 1 fully saturated rings. The number of carbonyl (C=O) groups excluding carboxylic acids is 3. The van der Waals surface area contributed by atoms with E-state index >= 15 is 0 Å². The zero-order valence-corrected chi connectivity index (χ0v) is 14.5. The van der Waals surface area contributed by atoms with Gasteiger partial charge in [0.1, 0.15) is 0 Å². The van der Waals surface area contributed by atoms with Gasteiger partial charge >= 0.3 is 5.97 Å². The number of carbonyl (C=O) groups is 3. The first-order valence-electron chi connectivity index (χ1n) is 7.88. The minimum absolute atomic E-state index is 0.103. The third-order valence-corrected chi connectivity index (χ3v) is 4.84. The smallest absolute Gasteiger partial charge is 0.337 e. The quantitative estimate of drug-likeness (QED) is 0.832. The second-order valence-electron chi connectivity index (χ2n) is 5.69. The number of rotatable bonds is 4. The average Bonchev–Trinajstić information content (AvgIpc) is 3.09. The van der Waals surface area contributed by atoms with E-state index in [0.717, 1.165) is 36.7 Å². The predicted octanol–water partition coefficient (Wildman–Crippen LogP) is 2.28. The van der Waals surface area contributed by atoms with Crippen LogP contribution >= 0.6 is 11.8 Å². The molecule has 2 aliphatic rings. The van der Waals surface area contributed by atoms with Crippen LogP contribution in [-0.2, 0) is 14.3 Å².